The van der Waals surface area contributed by atoms with Crippen LogP contribution in [0.25, 0.3) is 0 Å². The molecule has 0 amide bonds. The van der Waals surface area contributed by atoms with Crippen LogP contribution in [0, 0.1) is 11.8 Å². The Labute approximate surface area is 115 Å². The molecule has 2 fully saturated rings. The summed E-state index contributed by atoms with van der Waals surface area (Å²) in [6, 6.07) is 0. The molecule has 2 aliphatic rings. The van der Waals surface area contributed by atoms with Crippen molar-refractivity contribution in [1.29, 1.82) is 0 Å². The predicted octanol–water partition coefficient (Wildman–Crippen LogP) is 2.59. The Hall–Kier alpha value is -0.610. The van der Waals surface area contributed by atoms with Crippen LogP contribution in [-0.2, 0) is 9.53 Å². The Morgan fingerprint density at radius 1 is 1.00 bits per heavy atom. The molecule has 0 saturated carbocycles. The van der Waals surface area contributed by atoms with Crippen LogP contribution >= 0.6 is 0 Å². The second kappa shape index (κ2) is 7.25. The SMILES string of the molecule is O=C(O)CCCCCC[C@@H]1[C@H](CCO)[C@@H]2CC[C@H]1O2. The molecule has 2 rings (SSSR count). The highest BCUT2D eigenvalue weighted by Crippen LogP contribution is 2.46. The fourth-order valence-electron chi connectivity index (χ4n) is 3.83. The highest BCUT2D eigenvalue weighted by Gasteiger charge is 2.47. The van der Waals surface area contributed by atoms with Gasteiger partial charge in [-0.1, -0.05) is 19.3 Å². The maximum Gasteiger partial charge on any atom is 0.303 e. The predicted molar refractivity (Wildman–Crippen MR) is 71.9 cm³/mol. The molecule has 2 heterocycles. The fourth-order valence-corrected chi connectivity index (χ4v) is 3.83. The molecule has 4 nitrogen and oxygen atoms in total. The molecule has 2 N–H and O–H groups in total. The lowest BCUT2D eigenvalue weighted by atomic mass is 9.75. The van der Waals surface area contributed by atoms with E-state index in [0.717, 1.165) is 25.7 Å². The summed E-state index contributed by atoms with van der Waals surface area (Å²) in [5, 5.41) is 17.7. The maximum absolute atomic E-state index is 10.4. The van der Waals surface area contributed by atoms with Crippen molar-refractivity contribution in [3.05, 3.63) is 0 Å². The normalized spacial score (nSPS) is 32.9. The summed E-state index contributed by atoms with van der Waals surface area (Å²) in [7, 11) is 0. The van der Waals surface area contributed by atoms with Gasteiger partial charge in [0.05, 0.1) is 12.2 Å². The van der Waals surface area contributed by atoms with Gasteiger partial charge in [-0.15, -0.1) is 0 Å². The number of ether oxygens (including phenoxy) is 1. The molecule has 0 radical (unpaired) electrons. The molecule has 4 heteroatoms. The Morgan fingerprint density at radius 2 is 1.63 bits per heavy atom. The van der Waals surface area contributed by atoms with Crippen molar-refractivity contribution in [3.63, 3.8) is 0 Å². The number of hydrogen-bond acceptors (Lipinski definition) is 3. The van der Waals surface area contributed by atoms with Gasteiger partial charge in [0.15, 0.2) is 0 Å². The van der Waals surface area contributed by atoms with E-state index in [2.05, 4.69) is 0 Å². The smallest absolute Gasteiger partial charge is 0.303 e. The second-order valence-electron chi connectivity index (χ2n) is 5.98. The van der Waals surface area contributed by atoms with Gasteiger partial charge in [0.25, 0.3) is 0 Å². The van der Waals surface area contributed by atoms with Crippen molar-refractivity contribution in [2.24, 2.45) is 11.8 Å². The van der Waals surface area contributed by atoms with Gasteiger partial charge in [-0.05, 0) is 43.9 Å². The third kappa shape index (κ3) is 3.93. The summed E-state index contributed by atoms with van der Waals surface area (Å²) in [5.41, 5.74) is 0. The van der Waals surface area contributed by atoms with Crippen molar-refractivity contribution >= 4 is 5.97 Å². The number of carboxylic acids is 1. The maximum atomic E-state index is 10.4. The van der Waals surface area contributed by atoms with Crippen LogP contribution in [-0.4, -0.2) is 35.0 Å². The van der Waals surface area contributed by atoms with Crippen LogP contribution in [0.15, 0.2) is 0 Å². The minimum atomic E-state index is -0.690. The first-order valence-electron chi connectivity index (χ1n) is 7.70. The zero-order chi connectivity index (χ0) is 13.7. The number of carbonyl (C=O) groups is 1. The lowest BCUT2D eigenvalue weighted by Gasteiger charge is -2.27. The van der Waals surface area contributed by atoms with E-state index < -0.39 is 5.97 Å². The largest absolute Gasteiger partial charge is 0.481 e. The highest BCUT2D eigenvalue weighted by molar-refractivity contribution is 5.66. The van der Waals surface area contributed by atoms with Gasteiger partial charge in [-0.3, -0.25) is 4.79 Å². The zero-order valence-electron chi connectivity index (χ0n) is 11.6. The average Bonchev–Trinajstić information content (AvgIpc) is 2.95. The molecule has 2 bridgehead atoms. The summed E-state index contributed by atoms with van der Waals surface area (Å²) in [5.74, 6) is 0.498. The van der Waals surface area contributed by atoms with Crippen LogP contribution in [0.2, 0.25) is 0 Å². The summed E-state index contributed by atoms with van der Waals surface area (Å²) in [6.07, 6.45) is 9.64. The van der Waals surface area contributed by atoms with Crippen LogP contribution in [0.3, 0.4) is 0 Å². The molecular weight excluding hydrogens is 244 g/mol. The Bertz CT molecular complexity index is 292. The quantitative estimate of drug-likeness (QED) is 0.632. The first-order chi connectivity index (χ1) is 9.22. The first kappa shape index (κ1) is 14.8. The molecule has 19 heavy (non-hydrogen) atoms. The topological polar surface area (TPSA) is 66.8 Å². The summed E-state index contributed by atoms with van der Waals surface area (Å²) < 4.78 is 5.97. The number of aliphatic hydroxyl groups excluding tert-OH is 1. The van der Waals surface area contributed by atoms with Crippen LogP contribution in [0.1, 0.15) is 57.8 Å². The third-order valence-electron chi connectivity index (χ3n) is 4.73. The van der Waals surface area contributed by atoms with Gasteiger partial charge in [0.1, 0.15) is 0 Å². The molecule has 0 aromatic carbocycles. The van der Waals surface area contributed by atoms with E-state index in [0.29, 0.717) is 30.5 Å². The van der Waals surface area contributed by atoms with Crippen LogP contribution in [0.4, 0.5) is 0 Å². The molecule has 2 saturated heterocycles. The van der Waals surface area contributed by atoms with Crippen molar-refractivity contribution in [1.82, 2.24) is 0 Å². The Morgan fingerprint density at radius 3 is 2.26 bits per heavy atom. The molecule has 0 aromatic heterocycles. The summed E-state index contributed by atoms with van der Waals surface area (Å²) >= 11 is 0. The molecule has 0 unspecified atom stereocenters. The Kier molecular flexibility index (Phi) is 5.64. The van der Waals surface area contributed by atoms with Crippen LogP contribution in [0.5, 0.6) is 0 Å². The highest BCUT2D eigenvalue weighted by atomic mass is 16.5. The molecule has 2 aliphatic heterocycles. The second-order valence-corrected chi connectivity index (χ2v) is 5.98. The van der Waals surface area contributed by atoms with E-state index in [1.54, 1.807) is 0 Å². The van der Waals surface area contributed by atoms with E-state index in [1.165, 1.54) is 25.7 Å². The Balaban J connectivity index is 1.63. The zero-order valence-corrected chi connectivity index (χ0v) is 11.6. The number of carboxylic acid groups (broad SMARTS) is 1. The third-order valence-corrected chi connectivity index (χ3v) is 4.73. The van der Waals surface area contributed by atoms with Crippen LogP contribution < -0.4 is 0 Å². The lowest BCUT2D eigenvalue weighted by molar-refractivity contribution is -0.137. The van der Waals surface area contributed by atoms with Gasteiger partial charge >= 0.3 is 5.97 Å². The molecule has 0 aromatic rings. The van der Waals surface area contributed by atoms with E-state index in [1.807, 2.05) is 0 Å². The summed E-state index contributed by atoms with van der Waals surface area (Å²) in [6.45, 7) is 0.270. The molecule has 4 atom stereocenters. The van der Waals surface area contributed by atoms with Crippen molar-refractivity contribution in [2.45, 2.75) is 70.0 Å². The standard InChI is InChI=1S/C15H26O4/c16-10-9-12-11(13-7-8-14(12)19-13)5-3-1-2-4-6-15(17)18/h11-14,16H,1-10H2,(H,17,18)/t11-,12+,13-,14+/m1/s1. The van der Waals surface area contributed by atoms with E-state index in [9.17, 15) is 4.79 Å². The van der Waals surface area contributed by atoms with E-state index in [4.69, 9.17) is 14.9 Å². The van der Waals surface area contributed by atoms with Gasteiger partial charge in [0, 0.05) is 13.0 Å². The lowest BCUT2D eigenvalue weighted by Crippen LogP contribution is -2.28. The van der Waals surface area contributed by atoms with Gasteiger partial charge in [-0.2, -0.15) is 0 Å². The average molecular weight is 270 g/mol. The van der Waals surface area contributed by atoms with Crippen molar-refractivity contribution < 1.29 is 19.7 Å². The number of aliphatic carboxylic acids is 1. The number of aliphatic hydroxyl groups is 1. The fraction of sp³-hybridized carbons (Fsp3) is 0.933. The minimum Gasteiger partial charge on any atom is -0.481 e. The molecule has 110 valence electrons. The summed E-state index contributed by atoms with van der Waals surface area (Å²) in [4.78, 5) is 10.4. The molecular formula is C15H26O4. The molecule has 0 spiro atoms. The minimum absolute atomic E-state index is 0.270. The van der Waals surface area contributed by atoms with E-state index >= 15 is 0 Å². The number of unbranched alkanes of at least 4 members (excludes halogenated alkanes) is 3. The van der Waals surface area contributed by atoms with Crippen molar-refractivity contribution in [3.8, 4) is 0 Å². The van der Waals surface area contributed by atoms with Gasteiger partial charge in [-0.25, -0.2) is 0 Å². The number of rotatable bonds is 9. The van der Waals surface area contributed by atoms with E-state index in [-0.39, 0.29) is 6.61 Å². The van der Waals surface area contributed by atoms with Crippen molar-refractivity contribution in [2.75, 3.05) is 6.61 Å². The molecule has 0 aliphatic carbocycles. The first-order valence-corrected chi connectivity index (χ1v) is 7.70. The number of hydrogen-bond donors (Lipinski definition) is 2. The van der Waals surface area contributed by atoms with Gasteiger partial charge in [0.2, 0.25) is 0 Å². The monoisotopic (exact) mass is 270 g/mol. The number of fused-ring (bicyclic) bond motifs is 2. The van der Waals surface area contributed by atoms with Gasteiger partial charge < -0.3 is 14.9 Å².